The van der Waals surface area contributed by atoms with Crippen molar-refractivity contribution in [2.24, 2.45) is 5.92 Å². The molecule has 0 atom stereocenters. The summed E-state index contributed by atoms with van der Waals surface area (Å²) in [6, 6.07) is 5.54. The molecule has 0 bridgehead atoms. The standard InChI is InChI=1S/C13H19ClN2O2S/c1-16(10-11-8-12(14)9-11)19(17,18)7-5-13-4-2-3-6-15-13/h2-4,6,11-12H,5,7-10H2,1H3. The number of sulfonamides is 1. The molecule has 1 aliphatic rings. The van der Waals surface area contributed by atoms with Gasteiger partial charge in [-0.1, -0.05) is 6.07 Å². The molecule has 1 aromatic rings. The second-order valence-electron chi connectivity index (χ2n) is 5.10. The maximum Gasteiger partial charge on any atom is 0.214 e. The molecule has 106 valence electrons. The molecule has 1 aromatic heterocycles. The summed E-state index contributed by atoms with van der Waals surface area (Å²) in [7, 11) is -1.55. The van der Waals surface area contributed by atoms with Crippen LogP contribution < -0.4 is 0 Å². The third-order valence-corrected chi connectivity index (χ3v) is 5.69. The Morgan fingerprint density at radius 3 is 2.74 bits per heavy atom. The van der Waals surface area contributed by atoms with Gasteiger partial charge in [0.1, 0.15) is 0 Å². The summed E-state index contributed by atoms with van der Waals surface area (Å²) in [4.78, 5) is 4.14. The van der Waals surface area contributed by atoms with Gasteiger partial charge in [-0.05, 0) is 30.9 Å². The summed E-state index contributed by atoms with van der Waals surface area (Å²) < 4.78 is 25.7. The fourth-order valence-corrected chi connectivity index (χ4v) is 3.94. The Morgan fingerprint density at radius 1 is 1.42 bits per heavy atom. The maximum atomic E-state index is 12.1. The predicted molar refractivity (Wildman–Crippen MR) is 76.7 cm³/mol. The highest BCUT2D eigenvalue weighted by molar-refractivity contribution is 7.89. The lowest BCUT2D eigenvalue weighted by atomic mass is 9.85. The molecule has 0 amide bonds. The van der Waals surface area contributed by atoms with Gasteiger partial charge in [-0.25, -0.2) is 12.7 Å². The summed E-state index contributed by atoms with van der Waals surface area (Å²) >= 11 is 5.91. The van der Waals surface area contributed by atoms with Crippen LogP contribution in [0.3, 0.4) is 0 Å². The number of halogens is 1. The molecule has 19 heavy (non-hydrogen) atoms. The third-order valence-electron chi connectivity index (χ3n) is 3.51. The van der Waals surface area contributed by atoms with Crippen molar-refractivity contribution in [3.05, 3.63) is 30.1 Å². The van der Waals surface area contributed by atoms with Gasteiger partial charge in [0.25, 0.3) is 0 Å². The largest absolute Gasteiger partial charge is 0.261 e. The number of aryl methyl sites for hydroxylation is 1. The van der Waals surface area contributed by atoms with E-state index in [-0.39, 0.29) is 11.1 Å². The van der Waals surface area contributed by atoms with E-state index < -0.39 is 10.0 Å². The highest BCUT2D eigenvalue weighted by atomic mass is 35.5. The molecule has 0 N–H and O–H groups in total. The van der Waals surface area contributed by atoms with E-state index in [1.807, 2.05) is 18.2 Å². The average molecular weight is 303 g/mol. The highest BCUT2D eigenvalue weighted by Gasteiger charge is 2.30. The monoisotopic (exact) mass is 302 g/mol. The smallest absolute Gasteiger partial charge is 0.214 e. The summed E-state index contributed by atoms with van der Waals surface area (Å²) in [6.07, 6.45) is 3.97. The summed E-state index contributed by atoms with van der Waals surface area (Å²) in [5.74, 6) is 0.523. The number of rotatable bonds is 6. The van der Waals surface area contributed by atoms with Crippen LogP contribution in [0.15, 0.2) is 24.4 Å². The fourth-order valence-electron chi connectivity index (χ4n) is 2.22. The van der Waals surface area contributed by atoms with Gasteiger partial charge in [-0.15, -0.1) is 11.6 Å². The van der Waals surface area contributed by atoms with Gasteiger partial charge < -0.3 is 0 Å². The fraction of sp³-hybridized carbons (Fsp3) is 0.615. The van der Waals surface area contributed by atoms with Gasteiger partial charge in [0.05, 0.1) is 5.75 Å². The lowest BCUT2D eigenvalue weighted by molar-refractivity contribution is 0.268. The van der Waals surface area contributed by atoms with Crippen molar-refractivity contribution in [3.63, 3.8) is 0 Å². The first-order valence-electron chi connectivity index (χ1n) is 6.45. The Kier molecular flexibility index (Phi) is 4.81. The normalized spacial score (nSPS) is 23.3. The quantitative estimate of drug-likeness (QED) is 0.754. The van der Waals surface area contributed by atoms with E-state index in [1.54, 1.807) is 13.2 Å². The van der Waals surface area contributed by atoms with Crippen LogP contribution in [-0.4, -0.2) is 42.4 Å². The minimum atomic E-state index is -3.20. The zero-order valence-electron chi connectivity index (χ0n) is 11.0. The minimum Gasteiger partial charge on any atom is -0.261 e. The molecule has 0 spiro atoms. The zero-order valence-corrected chi connectivity index (χ0v) is 12.6. The zero-order chi connectivity index (χ0) is 13.9. The molecule has 1 heterocycles. The van der Waals surface area contributed by atoms with Crippen LogP contribution in [0.4, 0.5) is 0 Å². The molecule has 0 unspecified atom stereocenters. The summed E-state index contributed by atoms with van der Waals surface area (Å²) in [5, 5.41) is 0.231. The number of alkyl halides is 1. The molecular weight excluding hydrogens is 284 g/mol. The number of aromatic nitrogens is 1. The van der Waals surface area contributed by atoms with Gasteiger partial charge in [-0.2, -0.15) is 0 Å². The molecule has 0 aromatic carbocycles. The molecule has 1 fully saturated rings. The Labute approximate surface area is 119 Å². The van der Waals surface area contributed by atoms with Crippen molar-refractivity contribution in [2.75, 3.05) is 19.3 Å². The van der Waals surface area contributed by atoms with Crippen molar-refractivity contribution < 1.29 is 8.42 Å². The van der Waals surface area contributed by atoms with E-state index in [9.17, 15) is 8.42 Å². The Balaban J connectivity index is 1.84. The second-order valence-corrected chi connectivity index (χ2v) is 7.91. The van der Waals surface area contributed by atoms with Crippen LogP contribution in [0.5, 0.6) is 0 Å². The van der Waals surface area contributed by atoms with Gasteiger partial charge in [0.2, 0.25) is 10.0 Å². The molecule has 1 saturated carbocycles. The van der Waals surface area contributed by atoms with Crippen LogP contribution in [-0.2, 0) is 16.4 Å². The van der Waals surface area contributed by atoms with Crippen LogP contribution >= 0.6 is 11.6 Å². The SMILES string of the molecule is CN(CC1CC(Cl)C1)S(=O)(=O)CCc1ccccn1. The van der Waals surface area contributed by atoms with Gasteiger partial charge in [-0.3, -0.25) is 4.98 Å². The number of hydrogen-bond donors (Lipinski definition) is 0. The van der Waals surface area contributed by atoms with Gasteiger partial charge >= 0.3 is 0 Å². The molecule has 1 aliphatic carbocycles. The molecule has 4 nitrogen and oxygen atoms in total. The molecule has 2 rings (SSSR count). The molecule has 0 radical (unpaired) electrons. The Bertz CT molecular complexity index is 501. The van der Waals surface area contributed by atoms with Gasteiger partial charge in [0.15, 0.2) is 0 Å². The Hall–Kier alpha value is -0.650. The van der Waals surface area contributed by atoms with E-state index in [0.717, 1.165) is 18.5 Å². The van der Waals surface area contributed by atoms with Crippen LogP contribution in [0.2, 0.25) is 0 Å². The van der Waals surface area contributed by atoms with Crippen molar-refractivity contribution in [1.29, 1.82) is 0 Å². The van der Waals surface area contributed by atoms with E-state index >= 15 is 0 Å². The number of pyridine rings is 1. The second kappa shape index (κ2) is 6.20. The van der Waals surface area contributed by atoms with Crippen LogP contribution in [0.25, 0.3) is 0 Å². The summed E-state index contributed by atoms with van der Waals surface area (Å²) in [6.45, 7) is 0.577. The summed E-state index contributed by atoms with van der Waals surface area (Å²) in [5.41, 5.74) is 0.809. The first-order valence-corrected chi connectivity index (χ1v) is 8.50. The lowest BCUT2D eigenvalue weighted by Crippen LogP contribution is -2.39. The lowest BCUT2D eigenvalue weighted by Gasteiger charge is -2.33. The number of hydrogen-bond acceptors (Lipinski definition) is 3. The molecule has 0 saturated heterocycles. The number of nitrogens with zero attached hydrogens (tertiary/aromatic N) is 2. The van der Waals surface area contributed by atoms with Crippen molar-refractivity contribution in [1.82, 2.24) is 9.29 Å². The minimum absolute atomic E-state index is 0.109. The van der Waals surface area contributed by atoms with E-state index in [2.05, 4.69) is 4.98 Å². The average Bonchev–Trinajstić information content (AvgIpc) is 2.36. The third kappa shape index (κ3) is 4.16. The highest BCUT2D eigenvalue weighted by Crippen LogP contribution is 2.32. The van der Waals surface area contributed by atoms with Gasteiger partial charge in [0, 0.05) is 37.3 Å². The molecular formula is C13H19ClN2O2S. The van der Waals surface area contributed by atoms with Crippen molar-refractivity contribution in [2.45, 2.75) is 24.6 Å². The van der Waals surface area contributed by atoms with E-state index in [0.29, 0.717) is 18.9 Å². The topological polar surface area (TPSA) is 50.3 Å². The van der Waals surface area contributed by atoms with E-state index in [4.69, 9.17) is 11.6 Å². The van der Waals surface area contributed by atoms with Crippen molar-refractivity contribution >= 4 is 21.6 Å². The predicted octanol–water partition coefficient (Wildman–Crippen LogP) is 1.90. The van der Waals surface area contributed by atoms with Crippen LogP contribution in [0.1, 0.15) is 18.5 Å². The van der Waals surface area contributed by atoms with Crippen molar-refractivity contribution in [3.8, 4) is 0 Å². The first kappa shape index (κ1) is 14.8. The molecule has 0 aliphatic heterocycles. The Morgan fingerprint density at radius 2 is 2.16 bits per heavy atom. The molecule has 6 heteroatoms. The first-order chi connectivity index (χ1) is 8.97. The van der Waals surface area contributed by atoms with E-state index in [1.165, 1.54) is 4.31 Å². The maximum absolute atomic E-state index is 12.1. The van der Waals surface area contributed by atoms with Crippen LogP contribution in [0, 0.1) is 5.92 Å².